The number of methoxy groups -OCH3 is 1. The molecule has 0 radical (unpaired) electrons. The van der Waals surface area contributed by atoms with Crippen LogP contribution in [0.25, 0.3) is 0 Å². The summed E-state index contributed by atoms with van der Waals surface area (Å²) >= 11 is 0. The Morgan fingerprint density at radius 2 is 2.00 bits per heavy atom. The average molecular weight is 248 g/mol. The number of esters is 1. The van der Waals surface area contributed by atoms with E-state index in [4.69, 9.17) is 0 Å². The van der Waals surface area contributed by atoms with Gasteiger partial charge in [0, 0.05) is 13.1 Å². The van der Waals surface area contributed by atoms with Crippen LogP contribution in [-0.2, 0) is 9.53 Å². The van der Waals surface area contributed by atoms with Crippen LogP contribution in [0.5, 0.6) is 0 Å². The molecule has 1 heterocycles. The van der Waals surface area contributed by atoms with E-state index in [9.17, 15) is 18.0 Å². The van der Waals surface area contributed by atoms with Gasteiger partial charge < -0.3 is 10.1 Å². The van der Waals surface area contributed by atoms with E-state index in [-0.39, 0.29) is 31.9 Å². The summed E-state index contributed by atoms with van der Waals surface area (Å²) in [7, 11) is 1.18. The van der Waals surface area contributed by atoms with Crippen molar-refractivity contribution in [1.82, 2.24) is 5.32 Å². The van der Waals surface area contributed by atoms with Gasteiger partial charge in [-0.05, 0) is 6.42 Å². The molecule has 1 N–H and O–H groups in total. The number of piperidine rings is 1. The maximum atomic E-state index is 12.3. The third kappa shape index (κ3) is 3.87. The van der Waals surface area contributed by atoms with E-state index in [1.54, 1.807) is 0 Å². The number of rotatable bonds is 1. The van der Waals surface area contributed by atoms with Crippen LogP contribution in [0, 0.1) is 11.8 Å². The largest absolute Gasteiger partial charge is 0.469 e. The number of halogens is 4. The van der Waals surface area contributed by atoms with Crippen molar-refractivity contribution in [3.63, 3.8) is 0 Å². The van der Waals surface area contributed by atoms with Crippen LogP contribution in [-0.4, -0.2) is 32.3 Å². The molecule has 0 saturated carbocycles. The second-order valence-electron chi connectivity index (χ2n) is 3.35. The highest BCUT2D eigenvalue weighted by molar-refractivity contribution is 5.85. The van der Waals surface area contributed by atoms with Gasteiger partial charge in [0.15, 0.2) is 0 Å². The Hall–Kier alpha value is -0.490. The molecule has 1 fully saturated rings. The molecule has 0 aromatic rings. The molecule has 3 nitrogen and oxygen atoms in total. The Labute approximate surface area is 91.8 Å². The van der Waals surface area contributed by atoms with Crippen LogP contribution >= 0.6 is 12.4 Å². The topological polar surface area (TPSA) is 38.3 Å². The molecule has 2 atom stereocenters. The maximum Gasteiger partial charge on any atom is 0.393 e. The van der Waals surface area contributed by atoms with Gasteiger partial charge in [0.05, 0.1) is 18.9 Å². The minimum Gasteiger partial charge on any atom is -0.469 e. The number of carbonyl (C=O) groups is 1. The molecule has 0 aromatic carbocycles. The second-order valence-corrected chi connectivity index (χ2v) is 3.35. The number of hydrogen-bond acceptors (Lipinski definition) is 3. The van der Waals surface area contributed by atoms with Crippen molar-refractivity contribution in [2.45, 2.75) is 12.6 Å². The summed E-state index contributed by atoms with van der Waals surface area (Å²) in [5, 5.41) is 2.59. The molecule has 1 saturated heterocycles. The molecule has 0 bridgehead atoms. The van der Waals surface area contributed by atoms with E-state index in [1.165, 1.54) is 7.11 Å². The summed E-state index contributed by atoms with van der Waals surface area (Å²) in [6.07, 6.45) is -4.41. The van der Waals surface area contributed by atoms with E-state index in [2.05, 4.69) is 10.1 Å². The first-order chi connectivity index (χ1) is 6.45. The lowest BCUT2D eigenvalue weighted by Gasteiger charge is -2.29. The van der Waals surface area contributed by atoms with Gasteiger partial charge in [0.25, 0.3) is 0 Å². The molecule has 1 aliphatic heterocycles. The minimum atomic E-state index is -4.24. The van der Waals surface area contributed by atoms with Gasteiger partial charge in [-0.25, -0.2) is 0 Å². The van der Waals surface area contributed by atoms with Crippen molar-refractivity contribution in [2.24, 2.45) is 11.8 Å². The van der Waals surface area contributed by atoms with Crippen molar-refractivity contribution in [2.75, 3.05) is 20.2 Å². The predicted molar refractivity (Wildman–Crippen MR) is 49.8 cm³/mol. The quantitative estimate of drug-likeness (QED) is 0.712. The summed E-state index contributed by atoms with van der Waals surface area (Å²) in [5.41, 5.74) is 0. The highest BCUT2D eigenvalue weighted by atomic mass is 35.5. The van der Waals surface area contributed by atoms with Gasteiger partial charge >= 0.3 is 12.1 Å². The highest BCUT2D eigenvalue weighted by Gasteiger charge is 2.43. The third-order valence-corrected chi connectivity index (χ3v) is 2.35. The first-order valence-corrected chi connectivity index (χ1v) is 4.30. The van der Waals surface area contributed by atoms with E-state index in [0.29, 0.717) is 0 Å². The normalized spacial score (nSPS) is 26.7. The third-order valence-electron chi connectivity index (χ3n) is 2.35. The number of ether oxygens (including phenoxy) is 1. The number of hydrogen-bond donors (Lipinski definition) is 1. The van der Waals surface area contributed by atoms with Gasteiger partial charge in [-0.3, -0.25) is 4.79 Å². The predicted octanol–water partition coefficient (Wildman–Crippen LogP) is 1.37. The fraction of sp³-hybridized carbons (Fsp3) is 0.875. The van der Waals surface area contributed by atoms with Crippen LogP contribution in [0.1, 0.15) is 6.42 Å². The zero-order chi connectivity index (χ0) is 10.8. The Morgan fingerprint density at radius 1 is 1.40 bits per heavy atom. The Bertz CT molecular complexity index is 222. The summed E-state index contributed by atoms with van der Waals surface area (Å²) in [4.78, 5) is 11.0. The van der Waals surface area contributed by atoms with Crippen LogP contribution in [0.15, 0.2) is 0 Å². The van der Waals surface area contributed by atoms with E-state index in [0.717, 1.165) is 0 Å². The van der Waals surface area contributed by atoms with Crippen molar-refractivity contribution >= 4 is 18.4 Å². The molecule has 0 amide bonds. The van der Waals surface area contributed by atoms with Gasteiger partial charge in [-0.2, -0.15) is 13.2 Å². The minimum absolute atomic E-state index is 0. The van der Waals surface area contributed by atoms with Gasteiger partial charge in [0.1, 0.15) is 0 Å². The molecule has 0 spiro atoms. The van der Waals surface area contributed by atoms with Crippen LogP contribution < -0.4 is 5.32 Å². The molecule has 15 heavy (non-hydrogen) atoms. The highest BCUT2D eigenvalue weighted by Crippen LogP contribution is 2.32. The van der Waals surface area contributed by atoms with Crippen molar-refractivity contribution < 1.29 is 22.7 Å². The first kappa shape index (κ1) is 14.5. The van der Waals surface area contributed by atoms with Crippen LogP contribution in [0.4, 0.5) is 13.2 Å². The maximum absolute atomic E-state index is 12.3. The first-order valence-electron chi connectivity index (χ1n) is 4.30. The van der Waals surface area contributed by atoms with Gasteiger partial charge in [0.2, 0.25) is 0 Å². The summed E-state index contributed by atoms with van der Waals surface area (Å²) in [5.74, 6) is -2.70. The van der Waals surface area contributed by atoms with E-state index >= 15 is 0 Å². The average Bonchev–Trinajstić information content (AvgIpc) is 2.15. The van der Waals surface area contributed by atoms with Crippen molar-refractivity contribution in [3.05, 3.63) is 0 Å². The van der Waals surface area contributed by atoms with Crippen molar-refractivity contribution in [3.8, 4) is 0 Å². The Balaban J connectivity index is 0.00000196. The lowest BCUT2D eigenvalue weighted by Crippen LogP contribution is -2.45. The monoisotopic (exact) mass is 247 g/mol. The standard InChI is InChI=1S/C8H12F3NO2.ClH/c1-14-7(13)5-2-6(4-12-3-5)8(9,10)11;/h5-6,12H,2-4H2,1H3;1H/t5-,6-;/m1./s1. The molecule has 0 unspecified atom stereocenters. The van der Waals surface area contributed by atoms with Gasteiger partial charge in [-0.15, -0.1) is 12.4 Å². The lowest BCUT2D eigenvalue weighted by atomic mass is 9.90. The van der Waals surface area contributed by atoms with E-state index in [1.807, 2.05) is 0 Å². The summed E-state index contributed by atoms with van der Waals surface area (Å²) in [6.45, 7) is 0.149. The molecule has 0 aliphatic carbocycles. The van der Waals surface area contributed by atoms with E-state index < -0.39 is 24.0 Å². The summed E-state index contributed by atoms with van der Waals surface area (Å²) < 4.78 is 41.3. The lowest BCUT2D eigenvalue weighted by molar-refractivity contribution is -0.184. The zero-order valence-corrected chi connectivity index (χ0v) is 8.95. The second kappa shape index (κ2) is 5.55. The molecule has 1 aliphatic rings. The molecule has 7 heteroatoms. The zero-order valence-electron chi connectivity index (χ0n) is 8.13. The smallest absolute Gasteiger partial charge is 0.393 e. The van der Waals surface area contributed by atoms with Crippen LogP contribution in [0.3, 0.4) is 0 Å². The molecular formula is C8H13ClF3NO2. The fourth-order valence-corrected chi connectivity index (χ4v) is 1.54. The molecule has 0 aromatic heterocycles. The number of nitrogens with one attached hydrogen (secondary N) is 1. The fourth-order valence-electron chi connectivity index (χ4n) is 1.54. The molecule has 1 rings (SSSR count). The number of alkyl halides is 3. The SMILES string of the molecule is COC(=O)[C@H]1CNC[C@H](C(F)(F)F)C1.Cl. The Kier molecular flexibility index (Phi) is 5.37. The van der Waals surface area contributed by atoms with Crippen LogP contribution in [0.2, 0.25) is 0 Å². The summed E-state index contributed by atoms with van der Waals surface area (Å²) in [6, 6.07) is 0. The van der Waals surface area contributed by atoms with Gasteiger partial charge in [-0.1, -0.05) is 0 Å². The van der Waals surface area contributed by atoms with Crippen molar-refractivity contribution in [1.29, 1.82) is 0 Å². The molecule has 90 valence electrons. The molecular weight excluding hydrogens is 235 g/mol. The number of carbonyl (C=O) groups excluding carboxylic acids is 1. The Morgan fingerprint density at radius 3 is 2.47 bits per heavy atom.